The van der Waals surface area contributed by atoms with Crippen molar-refractivity contribution in [2.75, 3.05) is 10.6 Å². The number of halogens is 1. The zero-order valence-corrected chi connectivity index (χ0v) is 22.5. The molecule has 0 aliphatic rings. The molecule has 0 aliphatic heterocycles. The molecule has 39 heavy (non-hydrogen) atoms. The number of carbonyl (C=O) groups is 3. The van der Waals surface area contributed by atoms with Crippen molar-refractivity contribution in [3.8, 4) is 0 Å². The van der Waals surface area contributed by atoms with Crippen molar-refractivity contribution in [3.63, 3.8) is 0 Å². The fraction of sp³-hybridized carbons (Fsp3) is 0.0667. The SMILES string of the molecule is CC(Sc1cccc(NC(=O)/C(=C\c2ccccc2Cl)NC(=O)c2ccccc2)c1)C(=O)Nc1ccccn1. The van der Waals surface area contributed by atoms with Crippen LogP contribution in [0.2, 0.25) is 5.02 Å². The molecule has 4 rings (SSSR count). The first-order valence-corrected chi connectivity index (χ1v) is 13.3. The van der Waals surface area contributed by atoms with E-state index in [9.17, 15) is 14.4 Å². The average molecular weight is 557 g/mol. The number of rotatable bonds is 9. The summed E-state index contributed by atoms with van der Waals surface area (Å²) in [7, 11) is 0. The van der Waals surface area contributed by atoms with E-state index in [2.05, 4.69) is 20.9 Å². The van der Waals surface area contributed by atoms with E-state index in [4.69, 9.17) is 11.6 Å². The van der Waals surface area contributed by atoms with E-state index in [1.807, 2.05) is 6.07 Å². The molecule has 196 valence electrons. The van der Waals surface area contributed by atoms with E-state index in [1.54, 1.807) is 104 Å². The van der Waals surface area contributed by atoms with Crippen LogP contribution in [0.3, 0.4) is 0 Å². The highest BCUT2D eigenvalue weighted by Gasteiger charge is 2.18. The van der Waals surface area contributed by atoms with Gasteiger partial charge in [0.05, 0.1) is 5.25 Å². The number of carbonyl (C=O) groups excluding carboxylic acids is 3. The fourth-order valence-electron chi connectivity index (χ4n) is 3.46. The fourth-order valence-corrected chi connectivity index (χ4v) is 4.57. The molecule has 9 heteroatoms. The van der Waals surface area contributed by atoms with Gasteiger partial charge >= 0.3 is 0 Å². The summed E-state index contributed by atoms with van der Waals surface area (Å²) in [5, 5.41) is 8.34. The van der Waals surface area contributed by atoms with Crippen molar-refractivity contribution in [2.24, 2.45) is 0 Å². The molecule has 1 heterocycles. The van der Waals surface area contributed by atoms with Crippen molar-refractivity contribution in [1.29, 1.82) is 0 Å². The first-order chi connectivity index (χ1) is 18.9. The number of aromatic nitrogens is 1. The van der Waals surface area contributed by atoms with Crippen LogP contribution in [0.25, 0.3) is 6.08 Å². The Morgan fingerprint density at radius 3 is 2.36 bits per heavy atom. The lowest BCUT2D eigenvalue weighted by atomic mass is 10.1. The molecule has 1 unspecified atom stereocenters. The molecule has 0 spiro atoms. The lowest BCUT2D eigenvalue weighted by molar-refractivity contribution is -0.115. The third-order valence-electron chi connectivity index (χ3n) is 5.42. The van der Waals surface area contributed by atoms with Crippen LogP contribution in [0, 0.1) is 0 Å². The maximum atomic E-state index is 13.3. The van der Waals surface area contributed by atoms with Gasteiger partial charge < -0.3 is 16.0 Å². The zero-order valence-electron chi connectivity index (χ0n) is 20.9. The average Bonchev–Trinajstić information content (AvgIpc) is 2.95. The first-order valence-electron chi connectivity index (χ1n) is 12.0. The Morgan fingerprint density at radius 2 is 1.62 bits per heavy atom. The second-order valence-electron chi connectivity index (χ2n) is 8.35. The van der Waals surface area contributed by atoms with Gasteiger partial charge in [0.15, 0.2) is 0 Å². The second-order valence-corrected chi connectivity index (χ2v) is 10.2. The van der Waals surface area contributed by atoms with Crippen LogP contribution in [-0.2, 0) is 9.59 Å². The maximum Gasteiger partial charge on any atom is 0.272 e. The molecule has 0 saturated heterocycles. The molecule has 0 fully saturated rings. The van der Waals surface area contributed by atoms with Gasteiger partial charge in [-0.3, -0.25) is 14.4 Å². The van der Waals surface area contributed by atoms with Crippen LogP contribution in [0.15, 0.2) is 114 Å². The molecule has 4 aromatic rings. The van der Waals surface area contributed by atoms with E-state index in [1.165, 1.54) is 17.8 Å². The Kier molecular flexibility index (Phi) is 9.50. The summed E-state index contributed by atoms with van der Waals surface area (Å²) >= 11 is 7.64. The lowest BCUT2D eigenvalue weighted by Crippen LogP contribution is -2.30. The van der Waals surface area contributed by atoms with E-state index >= 15 is 0 Å². The van der Waals surface area contributed by atoms with Crippen molar-refractivity contribution >= 4 is 58.7 Å². The summed E-state index contributed by atoms with van der Waals surface area (Å²) in [4.78, 5) is 43.7. The van der Waals surface area contributed by atoms with Gasteiger partial charge in [-0.25, -0.2) is 4.98 Å². The van der Waals surface area contributed by atoms with Crippen LogP contribution in [0.5, 0.6) is 0 Å². The third kappa shape index (κ3) is 8.04. The molecule has 0 bridgehead atoms. The molecule has 1 aromatic heterocycles. The number of hydrogen-bond donors (Lipinski definition) is 3. The molecular formula is C30H25ClN4O3S. The summed E-state index contributed by atoms with van der Waals surface area (Å²) in [6, 6.07) is 28.0. The molecule has 3 amide bonds. The molecular weight excluding hydrogens is 532 g/mol. The zero-order chi connectivity index (χ0) is 27.6. The van der Waals surface area contributed by atoms with E-state index < -0.39 is 17.1 Å². The smallest absolute Gasteiger partial charge is 0.272 e. The van der Waals surface area contributed by atoms with E-state index in [0.29, 0.717) is 27.7 Å². The predicted octanol–water partition coefficient (Wildman–Crippen LogP) is 6.26. The standard InChI is InChI=1S/C30H25ClN4O3S/c1-20(28(36)35-27-16-7-8-17-32-27)39-24-14-9-13-23(19-24)33-30(38)26(18-22-12-5-6-15-25(22)31)34-29(37)21-10-3-2-4-11-21/h2-20H,1H3,(H,33,38)(H,34,37)(H,32,35,36)/b26-18+. The molecule has 0 radical (unpaired) electrons. The number of nitrogens with one attached hydrogen (secondary N) is 3. The highest BCUT2D eigenvalue weighted by molar-refractivity contribution is 8.00. The van der Waals surface area contributed by atoms with Crippen LogP contribution in [0.4, 0.5) is 11.5 Å². The lowest BCUT2D eigenvalue weighted by Gasteiger charge is -2.14. The Hall–Kier alpha value is -4.40. The normalized spacial score (nSPS) is 11.8. The molecule has 3 aromatic carbocycles. The Bertz CT molecular complexity index is 1500. The summed E-state index contributed by atoms with van der Waals surface area (Å²) in [5.41, 5.74) is 1.51. The second kappa shape index (κ2) is 13.4. The monoisotopic (exact) mass is 556 g/mol. The van der Waals surface area contributed by atoms with E-state index in [0.717, 1.165) is 4.90 Å². The number of pyridine rings is 1. The molecule has 0 aliphatic carbocycles. The predicted molar refractivity (Wildman–Crippen MR) is 157 cm³/mol. The number of hydrogen-bond acceptors (Lipinski definition) is 5. The molecule has 1 atom stereocenters. The Balaban J connectivity index is 1.49. The number of amides is 3. The summed E-state index contributed by atoms with van der Waals surface area (Å²) < 4.78 is 0. The van der Waals surface area contributed by atoms with Crippen LogP contribution >= 0.6 is 23.4 Å². The summed E-state index contributed by atoms with van der Waals surface area (Å²) in [6.45, 7) is 1.79. The van der Waals surface area contributed by atoms with Gasteiger partial charge in [0.25, 0.3) is 11.8 Å². The maximum absolute atomic E-state index is 13.3. The highest BCUT2D eigenvalue weighted by atomic mass is 35.5. The number of thioether (sulfide) groups is 1. The van der Waals surface area contributed by atoms with Gasteiger partial charge in [0, 0.05) is 27.4 Å². The number of anilines is 2. The molecule has 7 nitrogen and oxygen atoms in total. The number of nitrogens with zero attached hydrogens (tertiary/aromatic N) is 1. The van der Waals surface area contributed by atoms with Crippen molar-refractivity contribution in [2.45, 2.75) is 17.1 Å². The van der Waals surface area contributed by atoms with Gasteiger partial charge in [-0.15, -0.1) is 11.8 Å². The van der Waals surface area contributed by atoms with Gasteiger partial charge in [-0.05, 0) is 67.1 Å². The highest BCUT2D eigenvalue weighted by Crippen LogP contribution is 2.27. The summed E-state index contributed by atoms with van der Waals surface area (Å²) in [6.07, 6.45) is 3.14. The molecule has 3 N–H and O–H groups in total. The van der Waals surface area contributed by atoms with E-state index in [-0.39, 0.29) is 11.6 Å². The van der Waals surface area contributed by atoms with Crippen LogP contribution in [0.1, 0.15) is 22.8 Å². The minimum absolute atomic E-state index is 0.0260. The minimum Gasteiger partial charge on any atom is -0.321 e. The third-order valence-corrected chi connectivity index (χ3v) is 6.86. The molecule has 0 saturated carbocycles. The van der Waals surface area contributed by atoms with Crippen LogP contribution < -0.4 is 16.0 Å². The quantitative estimate of drug-likeness (QED) is 0.167. The van der Waals surface area contributed by atoms with Gasteiger partial charge in [0.1, 0.15) is 11.5 Å². The van der Waals surface area contributed by atoms with Gasteiger partial charge in [-0.2, -0.15) is 0 Å². The van der Waals surface area contributed by atoms with Crippen molar-refractivity contribution in [3.05, 3.63) is 125 Å². The van der Waals surface area contributed by atoms with Crippen LogP contribution in [-0.4, -0.2) is 28.0 Å². The van der Waals surface area contributed by atoms with Gasteiger partial charge in [-0.1, -0.05) is 60.1 Å². The Morgan fingerprint density at radius 1 is 0.872 bits per heavy atom. The van der Waals surface area contributed by atoms with Crippen molar-refractivity contribution < 1.29 is 14.4 Å². The minimum atomic E-state index is -0.526. The Labute approximate surface area is 235 Å². The topological polar surface area (TPSA) is 100 Å². The number of benzene rings is 3. The first kappa shape index (κ1) is 27.6. The summed E-state index contributed by atoms with van der Waals surface area (Å²) in [5.74, 6) is -0.670. The largest absolute Gasteiger partial charge is 0.321 e. The van der Waals surface area contributed by atoms with Crippen molar-refractivity contribution in [1.82, 2.24) is 10.3 Å². The van der Waals surface area contributed by atoms with Gasteiger partial charge in [0.2, 0.25) is 5.91 Å².